The van der Waals surface area contributed by atoms with Crippen molar-refractivity contribution in [2.75, 3.05) is 65.9 Å². The van der Waals surface area contributed by atoms with Crippen LogP contribution in [0.2, 0.25) is 0 Å². The van der Waals surface area contributed by atoms with Gasteiger partial charge in [-0.2, -0.15) is 0 Å². The number of carboxylic acid groups (broad SMARTS) is 2. The molecule has 298 valence electrons. The second kappa shape index (κ2) is 33.7. The molecule has 2 atom stereocenters. The Morgan fingerprint density at radius 2 is 1.35 bits per heavy atom. The predicted molar refractivity (Wildman–Crippen MR) is 198 cm³/mol. The van der Waals surface area contributed by atoms with Gasteiger partial charge >= 0.3 is 11.9 Å². The number of rotatable bonds is 38. The molecular formula is C38H65N3O11. The van der Waals surface area contributed by atoms with Gasteiger partial charge in [0.1, 0.15) is 11.8 Å². The van der Waals surface area contributed by atoms with E-state index in [4.69, 9.17) is 29.2 Å². The summed E-state index contributed by atoms with van der Waals surface area (Å²) >= 11 is 0. The Morgan fingerprint density at radius 3 is 1.98 bits per heavy atom. The third-order valence-electron chi connectivity index (χ3n) is 8.28. The molecule has 0 aliphatic rings. The van der Waals surface area contributed by atoms with Crippen molar-refractivity contribution in [2.24, 2.45) is 0 Å². The molecule has 1 unspecified atom stereocenters. The zero-order chi connectivity index (χ0) is 37.9. The van der Waals surface area contributed by atoms with Crippen molar-refractivity contribution in [1.82, 2.24) is 16.0 Å². The van der Waals surface area contributed by atoms with Crippen molar-refractivity contribution in [3.05, 3.63) is 29.8 Å². The van der Waals surface area contributed by atoms with Crippen LogP contribution in [0.5, 0.6) is 5.75 Å². The smallest absolute Gasteiger partial charge is 0.335 e. The maximum atomic E-state index is 12.3. The summed E-state index contributed by atoms with van der Waals surface area (Å²) < 4.78 is 21.6. The molecule has 6 N–H and O–H groups in total. The second-order valence-electron chi connectivity index (χ2n) is 12.7. The molecule has 0 bridgehead atoms. The van der Waals surface area contributed by atoms with Crippen LogP contribution in [0.1, 0.15) is 113 Å². The SMILES string of the molecule is O=CC(NCCOCCO)OCCOCCNCCC[C@H](NC(=O)CCCCCCCCCCCCCCCOc1cccc(C(=O)O)c1)C(=O)O. The largest absolute Gasteiger partial charge is 0.494 e. The highest BCUT2D eigenvalue weighted by Crippen LogP contribution is 2.16. The highest BCUT2D eigenvalue weighted by Gasteiger charge is 2.19. The Hall–Kier alpha value is -3.14. The van der Waals surface area contributed by atoms with Crippen molar-refractivity contribution in [3.8, 4) is 5.75 Å². The summed E-state index contributed by atoms with van der Waals surface area (Å²) in [6.07, 6.45) is 15.8. The number of hydrogen-bond acceptors (Lipinski definition) is 11. The molecule has 1 amide bonds. The molecule has 0 aliphatic carbocycles. The number of nitrogens with one attached hydrogen (secondary N) is 3. The number of aromatic carboxylic acids is 1. The molecule has 1 aromatic rings. The van der Waals surface area contributed by atoms with E-state index in [1.54, 1.807) is 24.3 Å². The number of carboxylic acids is 2. The number of aliphatic carboxylic acids is 1. The monoisotopic (exact) mass is 739 g/mol. The van der Waals surface area contributed by atoms with Crippen LogP contribution in [0.15, 0.2) is 24.3 Å². The van der Waals surface area contributed by atoms with Gasteiger partial charge in [0.2, 0.25) is 5.91 Å². The summed E-state index contributed by atoms with van der Waals surface area (Å²) in [6.45, 7) is 3.76. The lowest BCUT2D eigenvalue weighted by Crippen LogP contribution is -2.41. The van der Waals surface area contributed by atoms with Gasteiger partial charge in [-0.1, -0.05) is 76.7 Å². The summed E-state index contributed by atoms with van der Waals surface area (Å²) in [5, 5.41) is 36.0. The van der Waals surface area contributed by atoms with Crippen LogP contribution < -0.4 is 20.7 Å². The van der Waals surface area contributed by atoms with Crippen molar-refractivity contribution < 1.29 is 53.4 Å². The summed E-state index contributed by atoms with van der Waals surface area (Å²) in [4.78, 5) is 46.0. The third-order valence-corrected chi connectivity index (χ3v) is 8.28. The Balaban J connectivity index is 1.90. The van der Waals surface area contributed by atoms with Crippen molar-refractivity contribution >= 4 is 24.1 Å². The van der Waals surface area contributed by atoms with Crippen LogP contribution in [0.25, 0.3) is 0 Å². The molecule has 0 aromatic heterocycles. The second-order valence-corrected chi connectivity index (χ2v) is 12.7. The fraction of sp³-hybridized carbons (Fsp3) is 0.737. The van der Waals surface area contributed by atoms with E-state index in [1.165, 1.54) is 44.9 Å². The van der Waals surface area contributed by atoms with Crippen LogP contribution >= 0.6 is 0 Å². The lowest BCUT2D eigenvalue weighted by molar-refractivity contribution is -0.142. The molecule has 14 heteroatoms. The van der Waals surface area contributed by atoms with Gasteiger partial charge in [0.15, 0.2) is 12.5 Å². The fourth-order valence-corrected chi connectivity index (χ4v) is 5.39. The van der Waals surface area contributed by atoms with Gasteiger partial charge in [-0.05, 0) is 50.4 Å². The van der Waals surface area contributed by atoms with Crippen LogP contribution in [-0.4, -0.2) is 118 Å². The van der Waals surface area contributed by atoms with Gasteiger partial charge < -0.3 is 44.9 Å². The van der Waals surface area contributed by atoms with Crippen LogP contribution in [0.3, 0.4) is 0 Å². The maximum Gasteiger partial charge on any atom is 0.335 e. The van der Waals surface area contributed by atoms with Gasteiger partial charge in [-0.15, -0.1) is 0 Å². The zero-order valence-corrected chi connectivity index (χ0v) is 31.0. The van der Waals surface area contributed by atoms with E-state index in [1.807, 2.05) is 0 Å². The number of amides is 1. The first-order valence-corrected chi connectivity index (χ1v) is 19.1. The fourth-order valence-electron chi connectivity index (χ4n) is 5.39. The molecule has 0 heterocycles. The number of hydrogen-bond donors (Lipinski definition) is 6. The maximum absolute atomic E-state index is 12.3. The van der Waals surface area contributed by atoms with Crippen molar-refractivity contribution in [3.63, 3.8) is 0 Å². The molecular weight excluding hydrogens is 674 g/mol. The average Bonchev–Trinajstić information content (AvgIpc) is 3.13. The number of carbonyl (C=O) groups excluding carboxylic acids is 2. The molecule has 0 aliphatic heterocycles. The van der Waals surface area contributed by atoms with Gasteiger partial charge in [0.25, 0.3) is 0 Å². The highest BCUT2D eigenvalue weighted by atomic mass is 16.5. The lowest BCUT2D eigenvalue weighted by atomic mass is 10.0. The number of aliphatic hydroxyl groups is 1. The minimum absolute atomic E-state index is 0.0500. The number of ether oxygens (including phenoxy) is 4. The molecule has 1 rings (SSSR count). The Kier molecular flexibility index (Phi) is 30.4. The van der Waals surface area contributed by atoms with E-state index >= 15 is 0 Å². The minimum atomic E-state index is -1.02. The molecule has 0 saturated heterocycles. The van der Waals surface area contributed by atoms with E-state index in [2.05, 4.69) is 16.0 Å². The Bertz CT molecular complexity index is 1060. The van der Waals surface area contributed by atoms with Crippen LogP contribution in [-0.2, 0) is 28.6 Å². The van der Waals surface area contributed by atoms with Gasteiger partial charge in [0.05, 0.1) is 51.8 Å². The predicted octanol–water partition coefficient (Wildman–Crippen LogP) is 4.32. The van der Waals surface area contributed by atoms with Crippen molar-refractivity contribution in [1.29, 1.82) is 0 Å². The molecule has 0 spiro atoms. The number of benzene rings is 1. The average molecular weight is 740 g/mol. The first kappa shape index (κ1) is 46.9. The number of carbonyl (C=O) groups is 4. The summed E-state index contributed by atoms with van der Waals surface area (Å²) in [5.74, 6) is -1.58. The minimum Gasteiger partial charge on any atom is -0.494 e. The van der Waals surface area contributed by atoms with Gasteiger partial charge in [-0.25, -0.2) is 9.59 Å². The summed E-state index contributed by atoms with van der Waals surface area (Å²) in [5.41, 5.74) is 0.240. The Morgan fingerprint density at radius 1 is 0.712 bits per heavy atom. The molecule has 1 aromatic carbocycles. The first-order chi connectivity index (χ1) is 25.4. The molecule has 0 fully saturated rings. The first-order valence-electron chi connectivity index (χ1n) is 19.1. The van der Waals surface area contributed by atoms with Gasteiger partial charge in [-0.3, -0.25) is 14.9 Å². The van der Waals surface area contributed by atoms with E-state index in [-0.39, 0.29) is 31.3 Å². The molecule has 0 radical (unpaired) electrons. The summed E-state index contributed by atoms with van der Waals surface area (Å²) in [6, 6.07) is 5.70. The number of aliphatic hydroxyl groups excluding tert-OH is 1. The number of aldehydes is 1. The third kappa shape index (κ3) is 27.5. The normalized spacial score (nSPS) is 12.3. The topological polar surface area (TPSA) is 202 Å². The van der Waals surface area contributed by atoms with E-state index < -0.39 is 24.2 Å². The highest BCUT2D eigenvalue weighted by molar-refractivity contribution is 5.88. The lowest BCUT2D eigenvalue weighted by Gasteiger charge is -2.15. The molecule has 14 nitrogen and oxygen atoms in total. The van der Waals surface area contributed by atoms with E-state index in [0.717, 1.165) is 38.5 Å². The summed E-state index contributed by atoms with van der Waals surface area (Å²) in [7, 11) is 0. The van der Waals surface area contributed by atoms with Crippen LogP contribution in [0, 0.1) is 0 Å². The molecule has 0 saturated carbocycles. The van der Waals surface area contributed by atoms with Crippen molar-refractivity contribution in [2.45, 2.75) is 115 Å². The van der Waals surface area contributed by atoms with E-state index in [0.29, 0.717) is 77.4 Å². The number of unbranched alkanes of at least 4 members (excludes halogenated alkanes) is 12. The quantitative estimate of drug-likeness (QED) is 0.0318. The molecule has 52 heavy (non-hydrogen) atoms. The Labute approximate surface area is 309 Å². The standard InChI is InChI=1S/C38H65N3O11/c42-23-27-49-26-22-40-36(31-43)52-29-28-50-25-21-39-20-15-18-34(38(47)48)41-35(44)19-12-10-8-6-4-2-1-3-5-7-9-11-13-24-51-33-17-14-16-32(30-33)37(45)46/h14,16-17,30-31,34,36,39-40,42H,1-13,15,18-29H2,(H,41,44)(H,45,46)(H,47,48)/t34-,36?/m0/s1. The van der Waals surface area contributed by atoms with Gasteiger partial charge in [0, 0.05) is 19.5 Å². The van der Waals surface area contributed by atoms with E-state index in [9.17, 15) is 24.3 Å². The van der Waals surface area contributed by atoms with Crippen LogP contribution in [0.4, 0.5) is 0 Å². The zero-order valence-electron chi connectivity index (χ0n) is 31.0.